The van der Waals surface area contributed by atoms with Gasteiger partial charge in [0.1, 0.15) is 5.78 Å². The fourth-order valence-corrected chi connectivity index (χ4v) is 4.06. The molecular weight excluding hydrogens is 312 g/mol. The molecule has 1 aliphatic carbocycles. The monoisotopic (exact) mass is 332 g/mol. The van der Waals surface area contributed by atoms with Gasteiger partial charge in [-0.3, -0.25) is 14.2 Å². The number of hydrogen-bond donors (Lipinski definition) is 0. The third-order valence-electron chi connectivity index (χ3n) is 4.09. The van der Waals surface area contributed by atoms with Crippen molar-refractivity contribution in [1.29, 1.82) is 0 Å². The van der Waals surface area contributed by atoms with E-state index in [1.807, 2.05) is 18.2 Å². The molecular formula is C17H20N2O3S. The molecule has 0 saturated heterocycles. The molecule has 1 aromatic carbocycles. The summed E-state index contributed by atoms with van der Waals surface area (Å²) in [5, 5.41) is 1.12. The van der Waals surface area contributed by atoms with Gasteiger partial charge >= 0.3 is 0 Å². The van der Waals surface area contributed by atoms with Crippen LogP contribution in [0, 0.1) is 0 Å². The maximum Gasteiger partial charge on any atom is 0.262 e. The molecule has 0 aliphatic heterocycles. The van der Waals surface area contributed by atoms with Gasteiger partial charge in [-0.1, -0.05) is 30.3 Å². The quantitative estimate of drug-likeness (QED) is 0.788. The maximum atomic E-state index is 12.7. The zero-order chi connectivity index (χ0) is 16.2. The molecule has 1 heterocycles. The molecule has 23 heavy (non-hydrogen) atoms. The van der Waals surface area contributed by atoms with Crippen LogP contribution in [-0.4, -0.2) is 34.3 Å². The van der Waals surface area contributed by atoms with E-state index in [9.17, 15) is 9.59 Å². The second-order valence-electron chi connectivity index (χ2n) is 5.68. The molecule has 0 N–H and O–H groups in total. The number of carbonyl (C=O) groups excluding carboxylic acids is 1. The summed E-state index contributed by atoms with van der Waals surface area (Å²) in [4.78, 5) is 29.5. The van der Waals surface area contributed by atoms with E-state index in [0.717, 1.165) is 19.3 Å². The minimum absolute atomic E-state index is 0.0709. The zero-order valence-electron chi connectivity index (χ0n) is 13.2. The van der Waals surface area contributed by atoms with Crippen molar-refractivity contribution in [1.82, 2.24) is 9.55 Å². The van der Waals surface area contributed by atoms with Crippen LogP contribution in [0.25, 0.3) is 10.9 Å². The number of nitrogens with zero attached hydrogens (tertiary/aromatic N) is 2. The molecule has 1 atom stereocenters. The lowest BCUT2D eigenvalue weighted by molar-refractivity contribution is -0.119. The summed E-state index contributed by atoms with van der Waals surface area (Å²) in [6.07, 6.45) is 3.51. The van der Waals surface area contributed by atoms with Gasteiger partial charge in [-0.05, 0) is 25.0 Å². The van der Waals surface area contributed by atoms with Crippen LogP contribution >= 0.6 is 11.8 Å². The lowest BCUT2D eigenvalue weighted by Gasteiger charge is -2.21. The first kappa shape index (κ1) is 16.2. The third kappa shape index (κ3) is 3.48. The Bertz CT molecular complexity index is 772. The van der Waals surface area contributed by atoms with Gasteiger partial charge in [-0.15, -0.1) is 0 Å². The Morgan fingerprint density at radius 2 is 2.13 bits per heavy atom. The Morgan fingerprint density at radius 3 is 2.91 bits per heavy atom. The van der Waals surface area contributed by atoms with Crippen LogP contribution in [0.5, 0.6) is 0 Å². The molecule has 1 aliphatic rings. The number of fused-ring (bicyclic) bond motifs is 1. The normalized spacial score (nSPS) is 18.5. The minimum atomic E-state index is -0.0920. The van der Waals surface area contributed by atoms with Gasteiger partial charge in [0.15, 0.2) is 5.16 Å². The lowest BCUT2D eigenvalue weighted by Crippen LogP contribution is -2.28. The molecule has 0 spiro atoms. The number of Topliss-reactive ketones (excluding diaryl/α,β-unsaturated/α-hetero) is 1. The first-order chi connectivity index (χ1) is 11.2. The highest BCUT2D eigenvalue weighted by molar-refractivity contribution is 8.00. The van der Waals surface area contributed by atoms with Crippen molar-refractivity contribution in [2.45, 2.75) is 42.6 Å². The second-order valence-corrected chi connectivity index (χ2v) is 6.85. The van der Waals surface area contributed by atoms with E-state index in [1.54, 1.807) is 17.7 Å². The number of thioether (sulfide) groups is 1. The van der Waals surface area contributed by atoms with Gasteiger partial charge in [0.2, 0.25) is 0 Å². The van der Waals surface area contributed by atoms with Crippen molar-refractivity contribution in [3.8, 4) is 0 Å². The second kappa shape index (κ2) is 7.27. The topological polar surface area (TPSA) is 61.2 Å². The molecule has 6 heteroatoms. The summed E-state index contributed by atoms with van der Waals surface area (Å²) in [5.74, 6) is 0.266. The summed E-state index contributed by atoms with van der Waals surface area (Å²) in [6, 6.07) is 7.33. The minimum Gasteiger partial charge on any atom is -0.383 e. The number of para-hydroxylation sites is 1. The number of rotatable bonds is 5. The number of ether oxygens (including phenoxy) is 1. The van der Waals surface area contributed by atoms with E-state index in [4.69, 9.17) is 4.74 Å². The van der Waals surface area contributed by atoms with Gasteiger partial charge in [0, 0.05) is 13.5 Å². The SMILES string of the molecule is COCCn1c(S[C@H]2CCCCC2=O)nc2ccccc2c1=O. The van der Waals surface area contributed by atoms with E-state index >= 15 is 0 Å². The first-order valence-corrected chi connectivity index (χ1v) is 8.76. The van der Waals surface area contributed by atoms with E-state index in [-0.39, 0.29) is 16.6 Å². The molecule has 3 rings (SSSR count). The fraction of sp³-hybridized carbons (Fsp3) is 0.471. The third-order valence-corrected chi connectivity index (χ3v) is 5.40. The Morgan fingerprint density at radius 1 is 1.30 bits per heavy atom. The smallest absolute Gasteiger partial charge is 0.262 e. The van der Waals surface area contributed by atoms with Gasteiger partial charge < -0.3 is 4.74 Å². The molecule has 1 aromatic heterocycles. The summed E-state index contributed by atoms with van der Waals surface area (Å²) >= 11 is 1.43. The number of carbonyl (C=O) groups is 1. The molecule has 5 nitrogen and oxygen atoms in total. The van der Waals surface area contributed by atoms with Crippen molar-refractivity contribution in [3.63, 3.8) is 0 Å². The molecule has 0 unspecified atom stereocenters. The lowest BCUT2D eigenvalue weighted by atomic mass is 9.99. The van der Waals surface area contributed by atoms with Crippen LogP contribution in [-0.2, 0) is 16.1 Å². The highest BCUT2D eigenvalue weighted by atomic mass is 32.2. The molecule has 122 valence electrons. The summed E-state index contributed by atoms with van der Waals surface area (Å²) in [6.45, 7) is 0.877. The fourth-order valence-electron chi connectivity index (χ4n) is 2.82. The maximum absolute atomic E-state index is 12.7. The van der Waals surface area contributed by atoms with Crippen LogP contribution < -0.4 is 5.56 Å². The van der Waals surface area contributed by atoms with Crippen molar-refractivity contribution in [2.75, 3.05) is 13.7 Å². The van der Waals surface area contributed by atoms with Crippen LogP contribution in [0.15, 0.2) is 34.2 Å². The molecule has 1 fully saturated rings. The first-order valence-electron chi connectivity index (χ1n) is 7.88. The van der Waals surface area contributed by atoms with Gasteiger partial charge in [0.05, 0.1) is 29.3 Å². The van der Waals surface area contributed by atoms with E-state index in [0.29, 0.717) is 35.6 Å². The summed E-state index contributed by atoms with van der Waals surface area (Å²) in [7, 11) is 1.61. The summed E-state index contributed by atoms with van der Waals surface area (Å²) < 4.78 is 6.75. The Hall–Kier alpha value is -1.66. The van der Waals surface area contributed by atoms with Gasteiger partial charge in [0.25, 0.3) is 5.56 Å². The van der Waals surface area contributed by atoms with Gasteiger partial charge in [-0.25, -0.2) is 4.98 Å². The number of hydrogen-bond acceptors (Lipinski definition) is 5. The van der Waals surface area contributed by atoms with Crippen LogP contribution in [0.2, 0.25) is 0 Å². The van der Waals surface area contributed by atoms with Gasteiger partial charge in [-0.2, -0.15) is 0 Å². The van der Waals surface area contributed by atoms with Crippen molar-refractivity contribution < 1.29 is 9.53 Å². The average Bonchev–Trinajstić information content (AvgIpc) is 2.57. The average molecular weight is 332 g/mol. The predicted octanol–water partition coefficient (Wildman–Crippen LogP) is 2.65. The highest BCUT2D eigenvalue weighted by Gasteiger charge is 2.25. The van der Waals surface area contributed by atoms with Crippen molar-refractivity contribution >= 4 is 28.4 Å². The largest absolute Gasteiger partial charge is 0.383 e. The van der Waals surface area contributed by atoms with E-state index in [1.165, 1.54) is 11.8 Å². The zero-order valence-corrected chi connectivity index (χ0v) is 14.0. The molecule has 1 saturated carbocycles. The van der Waals surface area contributed by atoms with E-state index in [2.05, 4.69) is 4.98 Å². The highest BCUT2D eigenvalue weighted by Crippen LogP contribution is 2.30. The van der Waals surface area contributed by atoms with Crippen molar-refractivity contribution in [3.05, 3.63) is 34.6 Å². The number of ketones is 1. The van der Waals surface area contributed by atoms with E-state index < -0.39 is 0 Å². The Balaban J connectivity index is 2.02. The summed E-state index contributed by atoms with van der Waals surface area (Å²) in [5.41, 5.74) is 0.607. The number of methoxy groups -OCH3 is 1. The Kier molecular flexibility index (Phi) is 5.13. The van der Waals surface area contributed by atoms with Crippen LogP contribution in [0.3, 0.4) is 0 Å². The molecule has 0 bridgehead atoms. The molecule has 2 aromatic rings. The van der Waals surface area contributed by atoms with Crippen molar-refractivity contribution in [2.24, 2.45) is 0 Å². The predicted molar refractivity (Wildman–Crippen MR) is 91.0 cm³/mol. The molecule has 0 radical (unpaired) electrons. The standard InChI is InChI=1S/C17H20N2O3S/c1-22-11-10-19-16(21)12-6-2-3-7-13(12)18-17(19)23-15-9-5-4-8-14(15)20/h2-3,6-7,15H,4-5,8-11H2,1H3/t15-/m0/s1. The Labute approximate surface area is 139 Å². The number of aromatic nitrogens is 2. The molecule has 0 amide bonds. The number of benzene rings is 1. The van der Waals surface area contributed by atoms with Crippen LogP contribution in [0.1, 0.15) is 25.7 Å². The van der Waals surface area contributed by atoms with Crippen LogP contribution in [0.4, 0.5) is 0 Å².